The molecule has 1 fully saturated rings. The first-order valence-electron chi connectivity index (χ1n) is 7.19. The van der Waals surface area contributed by atoms with Crippen LogP contribution in [0.1, 0.15) is 37.4 Å². The van der Waals surface area contributed by atoms with E-state index in [-0.39, 0.29) is 0 Å². The van der Waals surface area contributed by atoms with Crippen molar-refractivity contribution < 1.29 is 9.47 Å². The standard InChI is InChI=1S/C15H24N2O2/c1-3-6-18-7-8-19-15-10-13(9-12(2)17-15)11-16-14-4-5-14/h9-10,14,16H,3-8,11H2,1-2H3. The van der Waals surface area contributed by atoms with Crippen LogP contribution in [0.25, 0.3) is 0 Å². The zero-order valence-electron chi connectivity index (χ0n) is 11.9. The molecule has 0 radical (unpaired) electrons. The van der Waals surface area contributed by atoms with Gasteiger partial charge in [-0.3, -0.25) is 0 Å². The molecule has 4 nitrogen and oxygen atoms in total. The number of hydrogen-bond donors (Lipinski definition) is 1. The second-order valence-electron chi connectivity index (χ2n) is 5.07. The highest BCUT2D eigenvalue weighted by atomic mass is 16.5. The van der Waals surface area contributed by atoms with Gasteiger partial charge < -0.3 is 14.8 Å². The van der Waals surface area contributed by atoms with Gasteiger partial charge in [0.1, 0.15) is 6.61 Å². The van der Waals surface area contributed by atoms with Gasteiger partial charge in [-0.2, -0.15) is 0 Å². The number of aromatic nitrogens is 1. The summed E-state index contributed by atoms with van der Waals surface area (Å²) in [5, 5.41) is 3.50. The number of nitrogens with zero attached hydrogens (tertiary/aromatic N) is 1. The van der Waals surface area contributed by atoms with Crippen LogP contribution in [0.15, 0.2) is 12.1 Å². The summed E-state index contributed by atoms with van der Waals surface area (Å²) in [5.41, 5.74) is 2.24. The monoisotopic (exact) mass is 264 g/mol. The molecule has 1 aromatic heterocycles. The van der Waals surface area contributed by atoms with Crippen LogP contribution in [0.3, 0.4) is 0 Å². The number of hydrogen-bond acceptors (Lipinski definition) is 4. The molecule has 4 heteroatoms. The van der Waals surface area contributed by atoms with Crippen molar-refractivity contribution in [1.29, 1.82) is 0 Å². The normalized spacial score (nSPS) is 14.6. The number of rotatable bonds is 9. The molecule has 19 heavy (non-hydrogen) atoms. The van der Waals surface area contributed by atoms with Gasteiger partial charge in [0.25, 0.3) is 0 Å². The molecule has 1 heterocycles. The smallest absolute Gasteiger partial charge is 0.213 e. The van der Waals surface area contributed by atoms with Gasteiger partial charge in [0.2, 0.25) is 5.88 Å². The predicted octanol–water partition coefficient (Wildman–Crippen LogP) is 2.45. The summed E-state index contributed by atoms with van der Waals surface area (Å²) in [4.78, 5) is 4.39. The molecule has 1 aliphatic carbocycles. The number of aryl methyl sites for hydroxylation is 1. The molecule has 0 aliphatic heterocycles. The molecule has 1 aliphatic rings. The first-order chi connectivity index (χ1) is 9.28. The summed E-state index contributed by atoms with van der Waals surface area (Å²) in [6.07, 6.45) is 3.66. The van der Waals surface area contributed by atoms with Crippen LogP contribution in [0.5, 0.6) is 5.88 Å². The lowest BCUT2D eigenvalue weighted by Gasteiger charge is -2.09. The van der Waals surface area contributed by atoms with Gasteiger partial charge in [0, 0.05) is 31.0 Å². The van der Waals surface area contributed by atoms with Crippen molar-refractivity contribution in [1.82, 2.24) is 10.3 Å². The molecule has 0 bridgehead atoms. The molecule has 1 aromatic rings. The van der Waals surface area contributed by atoms with Crippen LogP contribution in [-0.2, 0) is 11.3 Å². The lowest BCUT2D eigenvalue weighted by Crippen LogP contribution is -2.16. The SMILES string of the molecule is CCCOCCOc1cc(CNC2CC2)cc(C)n1. The maximum atomic E-state index is 5.63. The van der Waals surface area contributed by atoms with Gasteiger partial charge in [0.05, 0.1) is 6.61 Å². The Morgan fingerprint density at radius 1 is 1.26 bits per heavy atom. The lowest BCUT2D eigenvalue weighted by atomic mass is 10.2. The average molecular weight is 264 g/mol. The van der Waals surface area contributed by atoms with Gasteiger partial charge in [-0.1, -0.05) is 6.92 Å². The molecule has 1 saturated carbocycles. The van der Waals surface area contributed by atoms with E-state index in [2.05, 4.69) is 23.3 Å². The largest absolute Gasteiger partial charge is 0.475 e. The van der Waals surface area contributed by atoms with E-state index in [0.29, 0.717) is 19.1 Å². The van der Waals surface area contributed by atoms with Crippen molar-refractivity contribution in [3.05, 3.63) is 23.4 Å². The van der Waals surface area contributed by atoms with Crippen molar-refractivity contribution in [3.8, 4) is 5.88 Å². The van der Waals surface area contributed by atoms with E-state index < -0.39 is 0 Å². The lowest BCUT2D eigenvalue weighted by molar-refractivity contribution is 0.0989. The van der Waals surface area contributed by atoms with E-state index in [4.69, 9.17) is 9.47 Å². The molecule has 0 atom stereocenters. The summed E-state index contributed by atoms with van der Waals surface area (Å²) in [6, 6.07) is 4.85. The number of pyridine rings is 1. The summed E-state index contributed by atoms with van der Waals surface area (Å²) >= 11 is 0. The van der Waals surface area contributed by atoms with Gasteiger partial charge in [0.15, 0.2) is 0 Å². The zero-order valence-corrected chi connectivity index (χ0v) is 11.9. The van der Waals surface area contributed by atoms with Crippen molar-refractivity contribution in [2.24, 2.45) is 0 Å². The third-order valence-electron chi connectivity index (χ3n) is 2.99. The van der Waals surface area contributed by atoms with E-state index >= 15 is 0 Å². The molecule has 0 amide bonds. The molecular formula is C15H24N2O2. The Morgan fingerprint density at radius 3 is 2.84 bits per heavy atom. The quantitative estimate of drug-likeness (QED) is 0.696. The highest BCUT2D eigenvalue weighted by molar-refractivity contribution is 5.24. The minimum atomic E-state index is 0.561. The Labute approximate surface area is 115 Å². The molecule has 106 valence electrons. The van der Waals surface area contributed by atoms with E-state index in [9.17, 15) is 0 Å². The Balaban J connectivity index is 1.77. The Morgan fingerprint density at radius 2 is 2.11 bits per heavy atom. The van der Waals surface area contributed by atoms with Crippen LogP contribution in [0.4, 0.5) is 0 Å². The minimum Gasteiger partial charge on any atom is -0.475 e. The Kier molecular flexibility index (Phi) is 5.61. The first-order valence-corrected chi connectivity index (χ1v) is 7.19. The number of ether oxygens (including phenoxy) is 2. The second-order valence-corrected chi connectivity index (χ2v) is 5.07. The van der Waals surface area contributed by atoms with E-state index in [0.717, 1.165) is 31.3 Å². The van der Waals surface area contributed by atoms with Gasteiger partial charge in [-0.15, -0.1) is 0 Å². The molecule has 0 spiro atoms. The van der Waals surface area contributed by atoms with Crippen LogP contribution in [0.2, 0.25) is 0 Å². The van der Waals surface area contributed by atoms with Gasteiger partial charge in [-0.05, 0) is 37.8 Å². The van der Waals surface area contributed by atoms with Crippen molar-refractivity contribution >= 4 is 0 Å². The average Bonchev–Trinajstić information content (AvgIpc) is 3.20. The minimum absolute atomic E-state index is 0.561. The van der Waals surface area contributed by atoms with Crippen LogP contribution in [-0.4, -0.2) is 30.8 Å². The summed E-state index contributed by atoms with van der Waals surface area (Å²) in [6.45, 7) is 6.98. The Bertz CT molecular complexity index is 392. The topological polar surface area (TPSA) is 43.4 Å². The van der Waals surface area contributed by atoms with E-state index in [1.54, 1.807) is 0 Å². The molecule has 0 unspecified atom stereocenters. The fraction of sp³-hybridized carbons (Fsp3) is 0.667. The predicted molar refractivity (Wildman–Crippen MR) is 75.4 cm³/mol. The summed E-state index contributed by atoms with van der Waals surface area (Å²) in [7, 11) is 0. The highest BCUT2D eigenvalue weighted by Crippen LogP contribution is 2.20. The third-order valence-corrected chi connectivity index (χ3v) is 2.99. The molecule has 0 aromatic carbocycles. The number of nitrogens with one attached hydrogen (secondary N) is 1. The summed E-state index contributed by atoms with van der Waals surface area (Å²) < 4.78 is 11.0. The first kappa shape index (κ1) is 14.3. The van der Waals surface area contributed by atoms with Gasteiger partial charge in [-0.25, -0.2) is 4.98 Å². The maximum absolute atomic E-state index is 5.63. The molecular weight excluding hydrogens is 240 g/mol. The molecule has 0 saturated heterocycles. The zero-order chi connectivity index (χ0) is 13.5. The fourth-order valence-electron chi connectivity index (χ4n) is 1.88. The van der Waals surface area contributed by atoms with Crippen molar-refractivity contribution in [2.75, 3.05) is 19.8 Å². The maximum Gasteiger partial charge on any atom is 0.213 e. The second kappa shape index (κ2) is 7.46. The highest BCUT2D eigenvalue weighted by Gasteiger charge is 2.20. The van der Waals surface area contributed by atoms with Crippen LogP contribution in [0, 0.1) is 6.92 Å². The van der Waals surface area contributed by atoms with Crippen molar-refractivity contribution in [3.63, 3.8) is 0 Å². The fourth-order valence-corrected chi connectivity index (χ4v) is 1.88. The van der Waals surface area contributed by atoms with Crippen LogP contribution < -0.4 is 10.1 Å². The third kappa shape index (κ3) is 5.57. The van der Waals surface area contributed by atoms with E-state index in [1.165, 1.54) is 18.4 Å². The van der Waals surface area contributed by atoms with Crippen LogP contribution >= 0.6 is 0 Å². The molecule has 1 N–H and O–H groups in total. The summed E-state index contributed by atoms with van der Waals surface area (Å²) in [5.74, 6) is 0.702. The van der Waals surface area contributed by atoms with Crippen molar-refractivity contribution in [2.45, 2.75) is 45.7 Å². The molecule has 2 rings (SSSR count). The Hall–Kier alpha value is -1.13. The van der Waals surface area contributed by atoms with Gasteiger partial charge >= 0.3 is 0 Å². The van der Waals surface area contributed by atoms with E-state index in [1.807, 2.05) is 13.0 Å².